The molecule has 152 valence electrons. The van der Waals surface area contributed by atoms with Gasteiger partial charge in [-0.15, -0.1) is 0 Å². The van der Waals surface area contributed by atoms with Crippen LogP contribution in [0.4, 0.5) is 0 Å². The van der Waals surface area contributed by atoms with E-state index in [2.05, 4.69) is 53.4 Å². The van der Waals surface area contributed by atoms with Crippen molar-refractivity contribution in [3.05, 3.63) is 0 Å². The van der Waals surface area contributed by atoms with Gasteiger partial charge in [-0.05, 0) is 43.9 Å². The van der Waals surface area contributed by atoms with Crippen molar-refractivity contribution >= 4 is 0 Å². The molecule has 0 N–H and O–H groups in total. The minimum atomic E-state index is 0.439. The minimum absolute atomic E-state index is 0.439. The van der Waals surface area contributed by atoms with Gasteiger partial charge in [0.05, 0.1) is 0 Å². The Morgan fingerprint density at radius 1 is 0.640 bits per heavy atom. The van der Waals surface area contributed by atoms with Crippen molar-refractivity contribution in [2.45, 2.75) is 131 Å². The molecule has 0 saturated heterocycles. The quantitative estimate of drug-likeness (QED) is 0.255. The molecule has 0 aliphatic heterocycles. The molecule has 0 aliphatic rings. The van der Waals surface area contributed by atoms with Crippen LogP contribution < -0.4 is 0 Å². The zero-order valence-electron chi connectivity index (χ0n) is 19.0. The highest BCUT2D eigenvalue weighted by atomic mass is 15.2. The van der Waals surface area contributed by atoms with Crippen molar-refractivity contribution in [1.82, 2.24) is 4.90 Å². The fourth-order valence-electron chi connectivity index (χ4n) is 4.59. The number of nitrogens with zero attached hydrogens (tertiary/aromatic N) is 1. The summed E-state index contributed by atoms with van der Waals surface area (Å²) in [4.78, 5) is 2.98. The van der Waals surface area contributed by atoms with Gasteiger partial charge in [-0.25, -0.2) is 0 Å². The standard InChI is InChI=1S/C24H51N/c1-8-15-17-22(11-4)20-25(21-23(12-5)18-16-9-2)24(13-6,14-7)19-10-3/h22-23H,8-21H2,1-7H3. The molecular formula is C24H51N. The topological polar surface area (TPSA) is 3.24 Å². The van der Waals surface area contributed by atoms with Crippen molar-refractivity contribution in [3.8, 4) is 0 Å². The predicted octanol–water partition coefficient (Wildman–Crippen LogP) is 8.08. The van der Waals surface area contributed by atoms with E-state index in [4.69, 9.17) is 0 Å². The Balaban J connectivity index is 5.30. The van der Waals surface area contributed by atoms with Crippen molar-refractivity contribution in [3.63, 3.8) is 0 Å². The Bertz CT molecular complexity index is 264. The molecule has 25 heavy (non-hydrogen) atoms. The van der Waals surface area contributed by atoms with E-state index in [0.717, 1.165) is 11.8 Å². The fourth-order valence-corrected chi connectivity index (χ4v) is 4.59. The smallest absolute Gasteiger partial charge is 0.0204 e. The van der Waals surface area contributed by atoms with Gasteiger partial charge in [0.15, 0.2) is 0 Å². The Kier molecular flexibility index (Phi) is 15.0. The first-order chi connectivity index (χ1) is 12.1. The number of rotatable bonds is 17. The second-order valence-electron chi connectivity index (χ2n) is 8.42. The maximum absolute atomic E-state index is 2.98. The highest BCUT2D eigenvalue weighted by molar-refractivity contribution is 4.90. The summed E-state index contributed by atoms with van der Waals surface area (Å²) in [6.07, 6.45) is 16.3. The van der Waals surface area contributed by atoms with E-state index in [9.17, 15) is 0 Å². The summed E-state index contributed by atoms with van der Waals surface area (Å²) in [5.74, 6) is 1.77. The maximum atomic E-state index is 2.98. The summed E-state index contributed by atoms with van der Waals surface area (Å²) in [5.41, 5.74) is 0.439. The van der Waals surface area contributed by atoms with Gasteiger partial charge in [-0.3, -0.25) is 4.90 Å². The van der Waals surface area contributed by atoms with Gasteiger partial charge in [0, 0.05) is 18.6 Å². The third-order valence-electron chi connectivity index (χ3n) is 6.75. The molecule has 0 amide bonds. The summed E-state index contributed by atoms with van der Waals surface area (Å²) in [5, 5.41) is 0. The van der Waals surface area contributed by atoms with Crippen molar-refractivity contribution in [2.75, 3.05) is 13.1 Å². The summed E-state index contributed by atoms with van der Waals surface area (Å²) in [6.45, 7) is 19.4. The first-order valence-electron chi connectivity index (χ1n) is 11.8. The zero-order valence-corrected chi connectivity index (χ0v) is 19.0. The zero-order chi connectivity index (χ0) is 19.1. The average molecular weight is 354 g/mol. The second-order valence-corrected chi connectivity index (χ2v) is 8.42. The summed E-state index contributed by atoms with van der Waals surface area (Å²) in [6, 6.07) is 0. The largest absolute Gasteiger partial charge is 0.297 e. The lowest BCUT2D eigenvalue weighted by Gasteiger charge is -2.46. The molecular weight excluding hydrogens is 302 g/mol. The lowest BCUT2D eigenvalue weighted by molar-refractivity contribution is 0.0328. The van der Waals surface area contributed by atoms with E-state index in [0.29, 0.717) is 5.54 Å². The lowest BCUT2D eigenvalue weighted by atomic mass is 9.83. The number of unbranched alkanes of at least 4 members (excludes halogenated alkanes) is 2. The molecule has 0 aromatic carbocycles. The third kappa shape index (κ3) is 8.94. The molecule has 0 fully saturated rings. The van der Waals surface area contributed by atoms with E-state index in [1.807, 2.05) is 0 Å². The average Bonchev–Trinajstić information content (AvgIpc) is 2.65. The van der Waals surface area contributed by atoms with Crippen molar-refractivity contribution in [1.29, 1.82) is 0 Å². The molecule has 2 unspecified atom stereocenters. The van der Waals surface area contributed by atoms with Crippen LogP contribution >= 0.6 is 0 Å². The summed E-state index contributed by atoms with van der Waals surface area (Å²) in [7, 11) is 0. The molecule has 0 saturated carbocycles. The molecule has 0 rings (SSSR count). The van der Waals surface area contributed by atoms with Crippen LogP contribution in [0.5, 0.6) is 0 Å². The number of hydrogen-bond acceptors (Lipinski definition) is 1. The number of hydrogen-bond donors (Lipinski definition) is 0. The van der Waals surface area contributed by atoms with Crippen LogP contribution in [0.25, 0.3) is 0 Å². The van der Waals surface area contributed by atoms with Crippen LogP contribution in [0.15, 0.2) is 0 Å². The van der Waals surface area contributed by atoms with Gasteiger partial charge < -0.3 is 0 Å². The predicted molar refractivity (Wildman–Crippen MR) is 116 cm³/mol. The van der Waals surface area contributed by atoms with Crippen molar-refractivity contribution in [2.24, 2.45) is 11.8 Å². The van der Waals surface area contributed by atoms with Gasteiger partial charge >= 0.3 is 0 Å². The first-order valence-corrected chi connectivity index (χ1v) is 11.8. The van der Waals surface area contributed by atoms with Gasteiger partial charge in [-0.1, -0.05) is 93.4 Å². The molecule has 0 aliphatic carbocycles. The molecule has 0 heterocycles. The van der Waals surface area contributed by atoms with Crippen LogP contribution in [0.2, 0.25) is 0 Å². The monoisotopic (exact) mass is 353 g/mol. The van der Waals surface area contributed by atoms with E-state index < -0.39 is 0 Å². The normalized spacial score (nSPS) is 14.9. The Hall–Kier alpha value is -0.0400. The third-order valence-corrected chi connectivity index (χ3v) is 6.75. The van der Waals surface area contributed by atoms with Gasteiger partial charge in [-0.2, -0.15) is 0 Å². The summed E-state index contributed by atoms with van der Waals surface area (Å²) < 4.78 is 0. The molecule has 0 aromatic heterocycles. The molecule has 0 bridgehead atoms. The van der Waals surface area contributed by atoms with Crippen LogP contribution in [-0.2, 0) is 0 Å². The minimum Gasteiger partial charge on any atom is -0.297 e. The highest BCUT2D eigenvalue weighted by Gasteiger charge is 2.34. The van der Waals surface area contributed by atoms with Gasteiger partial charge in [0.25, 0.3) is 0 Å². The Morgan fingerprint density at radius 3 is 1.36 bits per heavy atom. The van der Waals surface area contributed by atoms with Crippen LogP contribution in [-0.4, -0.2) is 23.5 Å². The van der Waals surface area contributed by atoms with Gasteiger partial charge in [0.2, 0.25) is 0 Å². The second kappa shape index (κ2) is 15.1. The van der Waals surface area contributed by atoms with E-state index in [1.54, 1.807) is 0 Å². The maximum Gasteiger partial charge on any atom is 0.0204 e. The van der Waals surface area contributed by atoms with E-state index in [1.165, 1.54) is 90.1 Å². The molecule has 0 radical (unpaired) electrons. The first kappa shape index (κ1) is 25.0. The van der Waals surface area contributed by atoms with Crippen molar-refractivity contribution < 1.29 is 0 Å². The lowest BCUT2D eigenvalue weighted by Crippen LogP contribution is -2.51. The fraction of sp³-hybridized carbons (Fsp3) is 1.00. The van der Waals surface area contributed by atoms with Crippen LogP contribution in [0.1, 0.15) is 126 Å². The molecule has 0 spiro atoms. The van der Waals surface area contributed by atoms with Crippen LogP contribution in [0.3, 0.4) is 0 Å². The Morgan fingerprint density at radius 2 is 1.08 bits per heavy atom. The van der Waals surface area contributed by atoms with E-state index >= 15 is 0 Å². The summed E-state index contributed by atoms with van der Waals surface area (Å²) >= 11 is 0. The Labute approximate surface area is 161 Å². The van der Waals surface area contributed by atoms with Gasteiger partial charge in [0.1, 0.15) is 0 Å². The molecule has 0 aromatic rings. The molecule has 2 atom stereocenters. The molecule has 1 heteroatoms. The van der Waals surface area contributed by atoms with Crippen LogP contribution in [0, 0.1) is 11.8 Å². The molecule has 1 nitrogen and oxygen atoms in total. The highest BCUT2D eigenvalue weighted by Crippen LogP contribution is 2.33. The SMILES string of the molecule is CCCCC(CC)CN(CC(CC)CCCC)C(CC)(CC)CCC. The van der Waals surface area contributed by atoms with E-state index in [-0.39, 0.29) is 0 Å².